The lowest BCUT2D eigenvalue weighted by molar-refractivity contribution is -0.142. The first kappa shape index (κ1) is 19.5. The van der Waals surface area contributed by atoms with Crippen LogP contribution in [0.15, 0.2) is 0 Å². The molecule has 15 heavy (non-hydrogen) atoms. The van der Waals surface area contributed by atoms with Crippen LogP contribution in [0.25, 0.3) is 0 Å². The highest BCUT2D eigenvalue weighted by atomic mass is 16.5. The van der Waals surface area contributed by atoms with E-state index in [9.17, 15) is 9.59 Å². The monoisotopic (exact) mass is 220 g/mol. The maximum atomic E-state index is 10.6. The summed E-state index contributed by atoms with van der Waals surface area (Å²) in [5.74, 6) is -0.990. The topological polar surface area (TPSA) is 95.4 Å². The van der Waals surface area contributed by atoms with Gasteiger partial charge >= 0.3 is 5.97 Å². The van der Waals surface area contributed by atoms with Crippen molar-refractivity contribution in [2.75, 3.05) is 7.11 Å². The summed E-state index contributed by atoms with van der Waals surface area (Å²) in [5, 5.41) is 0. The summed E-state index contributed by atoms with van der Waals surface area (Å²) in [4.78, 5) is 20.9. The number of nitrogens with two attached hydrogens (primary N) is 2. The molecule has 92 valence electrons. The average Bonchev–Trinajstić information content (AvgIpc) is 2.30. The van der Waals surface area contributed by atoms with Gasteiger partial charge in [-0.2, -0.15) is 0 Å². The van der Waals surface area contributed by atoms with Crippen LogP contribution in [0.2, 0.25) is 0 Å². The van der Waals surface area contributed by atoms with Gasteiger partial charge < -0.3 is 16.2 Å². The van der Waals surface area contributed by atoms with Crippen LogP contribution in [0.1, 0.15) is 40.5 Å². The smallest absolute Gasteiger partial charge is 0.322 e. The second kappa shape index (κ2) is 15.4. The Hall–Kier alpha value is -1.10. The minimum absolute atomic E-state index is 0.107. The summed E-state index contributed by atoms with van der Waals surface area (Å²) in [6.45, 7) is 8.00. The third-order valence-electron chi connectivity index (χ3n) is 1.21. The van der Waals surface area contributed by atoms with E-state index in [1.54, 1.807) is 0 Å². The number of rotatable bonds is 4. The number of carbonyl (C=O) groups excluding carboxylic acids is 2. The van der Waals surface area contributed by atoms with Gasteiger partial charge in [0.2, 0.25) is 5.91 Å². The van der Waals surface area contributed by atoms with Gasteiger partial charge in [-0.3, -0.25) is 9.59 Å². The predicted molar refractivity (Wildman–Crippen MR) is 61.1 cm³/mol. The number of hydrogen-bond donors (Lipinski definition) is 2. The first-order chi connectivity index (χ1) is 7.07. The van der Waals surface area contributed by atoms with Crippen LogP contribution < -0.4 is 11.5 Å². The van der Waals surface area contributed by atoms with Gasteiger partial charge in [0.05, 0.1) is 7.11 Å². The summed E-state index contributed by atoms with van der Waals surface area (Å²) < 4.78 is 4.33. The van der Waals surface area contributed by atoms with Crippen molar-refractivity contribution in [2.24, 2.45) is 11.5 Å². The molecule has 0 aliphatic heterocycles. The molecule has 1 amide bonds. The molecule has 0 bridgehead atoms. The molecule has 0 aliphatic rings. The van der Waals surface area contributed by atoms with Crippen LogP contribution in [0.4, 0.5) is 0 Å². The van der Waals surface area contributed by atoms with Crippen LogP contribution in [0, 0.1) is 0 Å². The molecule has 0 saturated heterocycles. The van der Waals surface area contributed by atoms with Crippen LogP contribution in [0.3, 0.4) is 0 Å². The Balaban J connectivity index is -0.000000318. The maximum Gasteiger partial charge on any atom is 0.322 e. The van der Waals surface area contributed by atoms with E-state index in [0.717, 1.165) is 0 Å². The van der Waals surface area contributed by atoms with E-state index in [1.807, 2.05) is 27.7 Å². The fraction of sp³-hybridized carbons (Fsp3) is 0.800. The molecule has 0 aromatic rings. The quantitative estimate of drug-likeness (QED) is 0.685. The van der Waals surface area contributed by atoms with Crippen LogP contribution in [-0.4, -0.2) is 25.0 Å². The molecule has 0 aliphatic carbocycles. The Bertz CT molecular complexity index is 161. The van der Waals surface area contributed by atoms with Crippen molar-refractivity contribution >= 4 is 11.9 Å². The second-order valence-electron chi connectivity index (χ2n) is 2.13. The molecule has 0 fully saturated rings. The number of ether oxygens (including phenoxy) is 1. The lowest BCUT2D eigenvalue weighted by Crippen LogP contribution is -2.32. The van der Waals surface area contributed by atoms with E-state index in [-0.39, 0.29) is 12.8 Å². The van der Waals surface area contributed by atoms with E-state index in [0.29, 0.717) is 0 Å². The van der Waals surface area contributed by atoms with Gasteiger partial charge in [-0.05, 0) is 6.42 Å². The molecule has 0 heterocycles. The fourth-order valence-electron chi connectivity index (χ4n) is 0.567. The molecular formula is C10H24N2O3. The normalized spacial score (nSPS) is 9.73. The SMILES string of the molecule is CC.CC.COC(=O)C(N)CCC(N)=O. The van der Waals surface area contributed by atoms with Crippen molar-refractivity contribution in [3.63, 3.8) is 0 Å². The summed E-state index contributed by atoms with van der Waals surface area (Å²) in [7, 11) is 1.24. The number of carbonyl (C=O) groups is 2. The van der Waals surface area contributed by atoms with E-state index in [1.165, 1.54) is 7.11 Å². The minimum Gasteiger partial charge on any atom is -0.468 e. The highest BCUT2D eigenvalue weighted by molar-refractivity contribution is 5.78. The number of methoxy groups -OCH3 is 1. The van der Waals surface area contributed by atoms with Crippen molar-refractivity contribution in [3.8, 4) is 0 Å². The molecule has 5 nitrogen and oxygen atoms in total. The molecule has 5 heteroatoms. The molecule has 4 N–H and O–H groups in total. The fourth-order valence-corrected chi connectivity index (χ4v) is 0.567. The van der Waals surface area contributed by atoms with E-state index in [2.05, 4.69) is 4.74 Å². The first-order valence-corrected chi connectivity index (χ1v) is 5.19. The first-order valence-electron chi connectivity index (χ1n) is 5.19. The highest BCUT2D eigenvalue weighted by Gasteiger charge is 2.13. The summed E-state index contributed by atoms with van der Waals surface area (Å²) in [6, 6.07) is -0.743. The summed E-state index contributed by atoms with van der Waals surface area (Å²) in [6.07, 6.45) is 0.346. The van der Waals surface area contributed by atoms with Gasteiger partial charge in [0, 0.05) is 6.42 Å². The molecule has 0 aromatic heterocycles. The Morgan fingerprint density at radius 1 is 1.20 bits per heavy atom. The third-order valence-corrected chi connectivity index (χ3v) is 1.21. The minimum atomic E-state index is -0.743. The van der Waals surface area contributed by atoms with Crippen LogP contribution in [0.5, 0.6) is 0 Å². The maximum absolute atomic E-state index is 10.6. The Morgan fingerprint density at radius 3 is 1.87 bits per heavy atom. The molecular weight excluding hydrogens is 196 g/mol. The Kier molecular flexibility index (Phi) is 20.0. The average molecular weight is 220 g/mol. The van der Waals surface area contributed by atoms with Crippen molar-refractivity contribution in [1.29, 1.82) is 0 Å². The molecule has 1 unspecified atom stereocenters. The third kappa shape index (κ3) is 15.6. The van der Waals surface area contributed by atoms with Gasteiger partial charge in [0.1, 0.15) is 6.04 Å². The molecule has 1 atom stereocenters. The molecule has 0 spiro atoms. The van der Waals surface area contributed by atoms with Gasteiger partial charge in [-0.25, -0.2) is 0 Å². The number of esters is 1. The van der Waals surface area contributed by atoms with Crippen molar-refractivity contribution in [2.45, 2.75) is 46.6 Å². The van der Waals surface area contributed by atoms with Crippen molar-refractivity contribution < 1.29 is 14.3 Å². The Labute approximate surface area is 92.2 Å². The van der Waals surface area contributed by atoms with E-state index >= 15 is 0 Å². The second-order valence-corrected chi connectivity index (χ2v) is 2.13. The highest BCUT2D eigenvalue weighted by Crippen LogP contribution is 1.94. The summed E-state index contributed by atoms with van der Waals surface area (Å²) in [5.41, 5.74) is 10.1. The standard InChI is InChI=1S/C6H12N2O3.2C2H6/c1-11-6(10)4(7)2-3-5(8)9;2*1-2/h4H,2-3,7H2,1H3,(H2,8,9);2*1-2H3. The van der Waals surface area contributed by atoms with Gasteiger partial charge in [-0.1, -0.05) is 27.7 Å². The lowest BCUT2D eigenvalue weighted by atomic mass is 10.2. The predicted octanol–water partition coefficient (Wildman–Crippen LogP) is 0.805. The number of amides is 1. The van der Waals surface area contributed by atoms with Gasteiger partial charge in [-0.15, -0.1) is 0 Å². The van der Waals surface area contributed by atoms with E-state index in [4.69, 9.17) is 11.5 Å². The molecule has 0 radical (unpaired) electrons. The van der Waals surface area contributed by atoms with Gasteiger partial charge in [0.15, 0.2) is 0 Å². The van der Waals surface area contributed by atoms with Crippen molar-refractivity contribution in [1.82, 2.24) is 0 Å². The zero-order valence-electron chi connectivity index (χ0n) is 10.4. The zero-order chi connectivity index (χ0) is 12.9. The van der Waals surface area contributed by atoms with Gasteiger partial charge in [0.25, 0.3) is 0 Å². The van der Waals surface area contributed by atoms with Crippen LogP contribution in [-0.2, 0) is 14.3 Å². The van der Waals surface area contributed by atoms with Crippen LogP contribution >= 0.6 is 0 Å². The van der Waals surface area contributed by atoms with E-state index < -0.39 is 17.9 Å². The summed E-state index contributed by atoms with van der Waals surface area (Å²) >= 11 is 0. The molecule has 0 rings (SSSR count). The molecule has 0 aromatic carbocycles. The lowest BCUT2D eigenvalue weighted by Gasteiger charge is -2.06. The number of primary amides is 1. The largest absolute Gasteiger partial charge is 0.468 e. The number of hydrogen-bond acceptors (Lipinski definition) is 4. The molecule has 0 saturated carbocycles. The van der Waals surface area contributed by atoms with Crippen molar-refractivity contribution in [3.05, 3.63) is 0 Å². The zero-order valence-corrected chi connectivity index (χ0v) is 10.4. The Morgan fingerprint density at radius 2 is 1.60 bits per heavy atom.